The van der Waals surface area contributed by atoms with Crippen LogP contribution in [-0.2, 0) is 10.2 Å². The van der Waals surface area contributed by atoms with Gasteiger partial charge in [0.05, 0.1) is 12.0 Å². The first-order valence-electron chi connectivity index (χ1n) is 6.47. The van der Waals surface area contributed by atoms with Gasteiger partial charge in [-0.3, -0.25) is 0 Å². The standard InChI is InChI=1S/C14H17N3O2/c1-18-10-9-15-13-17-16-12(19-13)14(7-8-14)11-5-3-2-4-6-11/h2-6H,7-10H2,1H3,(H,15,17). The molecular weight excluding hydrogens is 242 g/mol. The molecule has 0 radical (unpaired) electrons. The lowest BCUT2D eigenvalue weighted by atomic mass is 9.96. The zero-order valence-corrected chi connectivity index (χ0v) is 10.9. The predicted molar refractivity (Wildman–Crippen MR) is 71.1 cm³/mol. The fraction of sp³-hybridized carbons (Fsp3) is 0.429. The highest BCUT2D eigenvalue weighted by Crippen LogP contribution is 2.52. The third-order valence-corrected chi connectivity index (χ3v) is 3.49. The Kier molecular flexibility index (Phi) is 3.21. The second kappa shape index (κ2) is 5.01. The Morgan fingerprint density at radius 2 is 2.05 bits per heavy atom. The van der Waals surface area contributed by atoms with Gasteiger partial charge in [-0.05, 0) is 18.4 Å². The molecule has 1 aromatic heterocycles. The molecule has 19 heavy (non-hydrogen) atoms. The maximum atomic E-state index is 5.72. The number of nitrogens with one attached hydrogen (secondary N) is 1. The van der Waals surface area contributed by atoms with Gasteiger partial charge in [-0.2, -0.15) is 0 Å². The van der Waals surface area contributed by atoms with Crippen molar-refractivity contribution in [3.63, 3.8) is 0 Å². The van der Waals surface area contributed by atoms with Crippen molar-refractivity contribution < 1.29 is 9.15 Å². The van der Waals surface area contributed by atoms with Gasteiger partial charge in [-0.15, -0.1) is 5.10 Å². The number of nitrogens with zero attached hydrogens (tertiary/aromatic N) is 2. The summed E-state index contributed by atoms with van der Waals surface area (Å²) in [5, 5.41) is 11.3. The molecule has 3 rings (SSSR count). The fourth-order valence-electron chi connectivity index (χ4n) is 2.26. The van der Waals surface area contributed by atoms with E-state index in [4.69, 9.17) is 9.15 Å². The maximum absolute atomic E-state index is 5.72. The van der Waals surface area contributed by atoms with E-state index in [0.717, 1.165) is 12.8 Å². The molecule has 0 bridgehead atoms. The number of hydrogen-bond donors (Lipinski definition) is 1. The van der Waals surface area contributed by atoms with Gasteiger partial charge in [0.25, 0.3) is 0 Å². The van der Waals surface area contributed by atoms with E-state index >= 15 is 0 Å². The van der Waals surface area contributed by atoms with Gasteiger partial charge in [0.2, 0.25) is 5.89 Å². The van der Waals surface area contributed by atoms with Crippen molar-refractivity contribution in [2.24, 2.45) is 0 Å². The first-order valence-corrected chi connectivity index (χ1v) is 6.47. The lowest BCUT2D eigenvalue weighted by Crippen LogP contribution is -2.09. The van der Waals surface area contributed by atoms with Crippen LogP contribution in [0.1, 0.15) is 24.3 Å². The van der Waals surface area contributed by atoms with Crippen LogP contribution < -0.4 is 5.32 Å². The second-order valence-electron chi connectivity index (χ2n) is 4.78. The molecule has 1 aliphatic rings. The van der Waals surface area contributed by atoms with Crippen LogP contribution in [0.25, 0.3) is 0 Å². The molecule has 2 aromatic rings. The van der Waals surface area contributed by atoms with Gasteiger partial charge in [0, 0.05) is 13.7 Å². The van der Waals surface area contributed by atoms with E-state index < -0.39 is 0 Å². The van der Waals surface area contributed by atoms with Crippen LogP contribution in [-0.4, -0.2) is 30.5 Å². The Bertz CT molecular complexity index is 535. The van der Waals surface area contributed by atoms with E-state index in [0.29, 0.717) is 25.1 Å². The minimum atomic E-state index is -0.0601. The molecule has 0 atom stereocenters. The van der Waals surface area contributed by atoms with E-state index in [2.05, 4.69) is 27.6 Å². The minimum absolute atomic E-state index is 0.0601. The lowest BCUT2D eigenvalue weighted by Gasteiger charge is -2.10. The summed E-state index contributed by atoms with van der Waals surface area (Å²) >= 11 is 0. The summed E-state index contributed by atoms with van der Waals surface area (Å²) < 4.78 is 10.7. The monoisotopic (exact) mass is 259 g/mol. The van der Waals surface area contributed by atoms with Crippen LogP contribution in [0, 0.1) is 0 Å². The van der Waals surface area contributed by atoms with Gasteiger partial charge >= 0.3 is 6.01 Å². The molecular formula is C14H17N3O2. The molecule has 5 nitrogen and oxygen atoms in total. The Morgan fingerprint density at radius 1 is 1.26 bits per heavy atom. The van der Waals surface area contributed by atoms with Crippen LogP contribution in [0.3, 0.4) is 0 Å². The maximum Gasteiger partial charge on any atom is 0.315 e. The van der Waals surface area contributed by atoms with Crippen molar-refractivity contribution in [1.29, 1.82) is 0 Å². The Balaban J connectivity index is 1.76. The number of aromatic nitrogens is 2. The number of rotatable bonds is 6. The highest BCUT2D eigenvalue weighted by Gasteiger charge is 2.50. The molecule has 0 spiro atoms. The summed E-state index contributed by atoms with van der Waals surface area (Å²) in [4.78, 5) is 0. The SMILES string of the molecule is COCCNc1nnc(C2(c3ccccc3)CC2)o1. The smallest absolute Gasteiger partial charge is 0.315 e. The molecule has 0 unspecified atom stereocenters. The first-order chi connectivity index (χ1) is 9.35. The molecule has 5 heteroatoms. The van der Waals surface area contributed by atoms with Crippen molar-refractivity contribution in [2.75, 3.05) is 25.6 Å². The average molecular weight is 259 g/mol. The van der Waals surface area contributed by atoms with Crippen molar-refractivity contribution >= 4 is 6.01 Å². The van der Waals surface area contributed by atoms with E-state index in [1.165, 1.54) is 5.56 Å². The number of anilines is 1. The van der Waals surface area contributed by atoms with Gasteiger partial charge in [0.15, 0.2) is 0 Å². The summed E-state index contributed by atoms with van der Waals surface area (Å²) in [6, 6.07) is 10.8. The number of benzene rings is 1. The van der Waals surface area contributed by atoms with Crippen molar-refractivity contribution in [2.45, 2.75) is 18.3 Å². The normalized spacial score (nSPS) is 16.3. The number of methoxy groups -OCH3 is 1. The molecule has 1 heterocycles. The van der Waals surface area contributed by atoms with E-state index in [1.54, 1.807) is 7.11 Å². The Morgan fingerprint density at radius 3 is 2.74 bits per heavy atom. The molecule has 0 amide bonds. The highest BCUT2D eigenvalue weighted by atomic mass is 16.5. The molecule has 1 saturated carbocycles. The summed E-state index contributed by atoms with van der Waals surface area (Å²) in [5.41, 5.74) is 1.19. The largest absolute Gasteiger partial charge is 0.407 e. The van der Waals surface area contributed by atoms with Gasteiger partial charge in [-0.25, -0.2) is 0 Å². The van der Waals surface area contributed by atoms with Crippen molar-refractivity contribution in [1.82, 2.24) is 10.2 Å². The topological polar surface area (TPSA) is 60.2 Å². The van der Waals surface area contributed by atoms with Crippen molar-refractivity contribution in [3.8, 4) is 0 Å². The third-order valence-electron chi connectivity index (χ3n) is 3.49. The summed E-state index contributed by atoms with van der Waals surface area (Å²) in [6.07, 6.45) is 2.13. The molecule has 1 aliphatic carbocycles. The Labute approximate surface area is 112 Å². The van der Waals surface area contributed by atoms with Gasteiger partial charge in [-0.1, -0.05) is 35.4 Å². The fourth-order valence-corrected chi connectivity index (χ4v) is 2.26. The minimum Gasteiger partial charge on any atom is -0.407 e. The average Bonchev–Trinajstić information content (AvgIpc) is 3.14. The van der Waals surface area contributed by atoms with Crippen molar-refractivity contribution in [3.05, 3.63) is 41.8 Å². The molecule has 1 aromatic carbocycles. The summed E-state index contributed by atoms with van der Waals surface area (Å²) in [5.74, 6) is 0.707. The molecule has 1 fully saturated rings. The van der Waals surface area contributed by atoms with E-state index in [9.17, 15) is 0 Å². The lowest BCUT2D eigenvalue weighted by molar-refractivity contribution is 0.210. The molecule has 0 aliphatic heterocycles. The molecule has 0 saturated heterocycles. The summed E-state index contributed by atoms with van der Waals surface area (Å²) in [7, 11) is 1.66. The van der Waals surface area contributed by atoms with Crippen LogP contribution in [0.4, 0.5) is 6.01 Å². The van der Waals surface area contributed by atoms with Crippen LogP contribution in [0.2, 0.25) is 0 Å². The van der Waals surface area contributed by atoms with E-state index in [-0.39, 0.29) is 5.41 Å². The predicted octanol–water partition coefficient (Wildman–Crippen LogP) is 2.21. The highest BCUT2D eigenvalue weighted by molar-refractivity contribution is 5.38. The summed E-state index contributed by atoms with van der Waals surface area (Å²) in [6.45, 7) is 1.28. The zero-order chi connectivity index (χ0) is 13.1. The van der Waals surface area contributed by atoms with Crippen LogP contribution in [0.15, 0.2) is 34.7 Å². The zero-order valence-electron chi connectivity index (χ0n) is 10.9. The second-order valence-corrected chi connectivity index (χ2v) is 4.78. The van der Waals surface area contributed by atoms with Crippen LogP contribution >= 0.6 is 0 Å². The molecule has 1 N–H and O–H groups in total. The third kappa shape index (κ3) is 2.33. The van der Waals surface area contributed by atoms with Gasteiger partial charge < -0.3 is 14.5 Å². The quantitative estimate of drug-likeness (QED) is 0.806. The Hall–Kier alpha value is -1.88. The number of ether oxygens (including phenoxy) is 1. The van der Waals surface area contributed by atoms with E-state index in [1.807, 2.05) is 18.2 Å². The van der Waals surface area contributed by atoms with Gasteiger partial charge in [0.1, 0.15) is 0 Å². The number of hydrogen-bond acceptors (Lipinski definition) is 5. The van der Waals surface area contributed by atoms with Crippen LogP contribution in [0.5, 0.6) is 0 Å². The molecule has 100 valence electrons. The first kappa shape index (κ1) is 12.2.